The Hall–Kier alpha value is -4.08. The normalized spacial score (nSPS) is 15.2. The third-order valence-corrected chi connectivity index (χ3v) is 8.59. The summed E-state index contributed by atoms with van der Waals surface area (Å²) >= 11 is 4.76. The van der Waals surface area contributed by atoms with E-state index in [2.05, 4.69) is 49.9 Å². The largest absolute Gasteiger partial charge is 0.463 e. The zero-order valence-corrected chi connectivity index (χ0v) is 24.7. The standard InChI is InChI=1S/C32H25BrFN3O3S/c1-3-40-31(39)28-19(2)35-32-37(29(28)21-10-14-24(34)15-11-21)30(38)27(41-32)16-22-18-36(26-7-5-4-6-25(22)26)17-20-8-12-23(33)13-9-20/h4-16,18,29H,3,17H2,1-2H3/b27-16-/t29-/m1/s1. The summed E-state index contributed by atoms with van der Waals surface area (Å²) in [6, 6.07) is 21.3. The Morgan fingerprint density at radius 1 is 1.10 bits per heavy atom. The second kappa shape index (κ2) is 11.1. The molecule has 3 heterocycles. The molecule has 0 aliphatic carbocycles. The molecule has 0 N–H and O–H groups in total. The van der Waals surface area contributed by atoms with E-state index in [1.54, 1.807) is 26.0 Å². The van der Waals surface area contributed by atoms with Gasteiger partial charge in [-0.15, -0.1) is 0 Å². The van der Waals surface area contributed by atoms with E-state index in [9.17, 15) is 14.0 Å². The molecule has 0 bridgehead atoms. The summed E-state index contributed by atoms with van der Waals surface area (Å²) in [6.07, 6.45) is 3.94. The molecule has 0 unspecified atom stereocenters. The molecular weight excluding hydrogens is 605 g/mol. The van der Waals surface area contributed by atoms with Gasteiger partial charge in [0.2, 0.25) is 0 Å². The highest BCUT2D eigenvalue weighted by molar-refractivity contribution is 9.10. The van der Waals surface area contributed by atoms with Gasteiger partial charge in [-0.05, 0) is 61.4 Å². The summed E-state index contributed by atoms with van der Waals surface area (Å²) in [5.74, 6) is -0.951. The topological polar surface area (TPSA) is 65.6 Å². The lowest BCUT2D eigenvalue weighted by molar-refractivity contribution is -0.139. The molecule has 3 aromatic carbocycles. The Morgan fingerprint density at radius 2 is 1.83 bits per heavy atom. The van der Waals surface area contributed by atoms with Crippen LogP contribution < -0.4 is 14.9 Å². The molecule has 0 amide bonds. The lowest BCUT2D eigenvalue weighted by Gasteiger charge is -2.24. The Balaban J connectivity index is 1.51. The first-order valence-corrected chi connectivity index (χ1v) is 14.7. The van der Waals surface area contributed by atoms with Gasteiger partial charge in [-0.25, -0.2) is 14.2 Å². The number of halogens is 2. The lowest BCUT2D eigenvalue weighted by Crippen LogP contribution is -2.39. The highest BCUT2D eigenvalue weighted by atomic mass is 79.9. The Bertz CT molecular complexity index is 2000. The molecule has 0 spiro atoms. The second-order valence-corrected chi connectivity index (χ2v) is 11.6. The fourth-order valence-electron chi connectivity index (χ4n) is 5.20. The van der Waals surface area contributed by atoms with Crippen LogP contribution in [0, 0.1) is 5.82 Å². The Kier molecular flexibility index (Phi) is 7.32. The van der Waals surface area contributed by atoms with E-state index in [1.165, 1.54) is 28.0 Å². The molecule has 1 aliphatic heterocycles. The molecule has 6 nitrogen and oxygen atoms in total. The summed E-state index contributed by atoms with van der Waals surface area (Å²) in [6.45, 7) is 4.31. The van der Waals surface area contributed by atoms with Crippen molar-refractivity contribution in [3.05, 3.63) is 137 Å². The minimum absolute atomic E-state index is 0.181. The van der Waals surface area contributed by atoms with Crippen LogP contribution in [0.1, 0.15) is 36.6 Å². The molecule has 41 heavy (non-hydrogen) atoms. The number of carbonyl (C=O) groups excluding carboxylic acids is 1. The number of carbonyl (C=O) groups is 1. The number of hydrogen-bond acceptors (Lipinski definition) is 5. The quantitative estimate of drug-likeness (QED) is 0.226. The van der Waals surface area contributed by atoms with E-state index in [-0.39, 0.29) is 17.7 Å². The van der Waals surface area contributed by atoms with Gasteiger partial charge in [-0.3, -0.25) is 9.36 Å². The van der Waals surface area contributed by atoms with Crippen molar-refractivity contribution < 1.29 is 13.9 Å². The minimum Gasteiger partial charge on any atom is -0.463 e. The second-order valence-electron chi connectivity index (χ2n) is 9.71. The first-order valence-electron chi connectivity index (χ1n) is 13.1. The zero-order valence-electron chi connectivity index (χ0n) is 22.3. The van der Waals surface area contributed by atoms with E-state index in [1.807, 2.05) is 36.4 Å². The van der Waals surface area contributed by atoms with E-state index >= 15 is 0 Å². The molecule has 2 aromatic heterocycles. The summed E-state index contributed by atoms with van der Waals surface area (Å²) < 4.78 is 24.4. The average Bonchev–Trinajstić information content (AvgIpc) is 3.46. The monoisotopic (exact) mass is 629 g/mol. The third kappa shape index (κ3) is 5.11. The maximum absolute atomic E-state index is 14.0. The number of benzene rings is 3. The van der Waals surface area contributed by atoms with Gasteiger partial charge in [-0.1, -0.05) is 69.7 Å². The zero-order chi connectivity index (χ0) is 28.7. The smallest absolute Gasteiger partial charge is 0.338 e. The number of nitrogens with zero attached hydrogens (tertiary/aromatic N) is 3. The van der Waals surface area contributed by atoms with Crippen LogP contribution in [0.4, 0.5) is 4.39 Å². The van der Waals surface area contributed by atoms with Crippen LogP contribution in [0.15, 0.2) is 105 Å². The van der Waals surface area contributed by atoms with Gasteiger partial charge in [0.15, 0.2) is 4.80 Å². The van der Waals surface area contributed by atoms with Crippen LogP contribution in [0.2, 0.25) is 0 Å². The molecule has 0 saturated heterocycles. The molecule has 6 rings (SSSR count). The van der Waals surface area contributed by atoms with Gasteiger partial charge in [0.1, 0.15) is 5.82 Å². The van der Waals surface area contributed by atoms with E-state index in [0.29, 0.717) is 27.1 Å². The molecule has 0 radical (unpaired) electrons. The van der Waals surface area contributed by atoms with Gasteiger partial charge in [-0.2, -0.15) is 0 Å². The summed E-state index contributed by atoms with van der Waals surface area (Å²) in [4.78, 5) is 32.2. The van der Waals surface area contributed by atoms with E-state index < -0.39 is 17.8 Å². The number of rotatable bonds is 6. The molecule has 1 aliphatic rings. The van der Waals surface area contributed by atoms with Crippen molar-refractivity contribution in [1.29, 1.82) is 0 Å². The fourth-order valence-corrected chi connectivity index (χ4v) is 6.50. The van der Waals surface area contributed by atoms with Crippen molar-refractivity contribution >= 4 is 50.2 Å². The first-order chi connectivity index (χ1) is 19.8. The van der Waals surface area contributed by atoms with Crippen LogP contribution in [0.25, 0.3) is 17.0 Å². The van der Waals surface area contributed by atoms with Crippen molar-refractivity contribution in [2.75, 3.05) is 6.61 Å². The van der Waals surface area contributed by atoms with Crippen molar-refractivity contribution in [2.45, 2.75) is 26.4 Å². The highest BCUT2D eigenvalue weighted by Crippen LogP contribution is 2.31. The number of ether oxygens (including phenoxy) is 1. The van der Waals surface area contributed by atoms with Crippen molar-refractivity contribution in [3.63, 3.8) is 0 Å². The maximum Gasteiger partial charge on any atom is 0.338 e. The molecule has 206 valence electrons. The fraction of sp³-hybridized carbons (Fsp3) is 0.156. The molecule has 0 fully saturated rings. The van der Waals surface area contributed by atoms with Gasteiger partial charge in [0.05, 0.1) is 28.5 Å². The van der Waals surface area contributed by atoms with Crippen LogP contribution in [0.3, 0.4) is 0 Å². The lowest BCUT2D eigenvalue weighted by atomic mass is 9.96. The Labute approximate surface area is 247 Å². The van der Waals surface area contributed by atoms with E-state index in [0.717, 1.165) is 26.5 Å². The Morgan fingerprint density at radius 3 is 2.56 bits per heavy atom. The number of fused-ring (bicyclic) bond motifs is 2. The average molecular weight is 631 g/mol. The van der Waals surface area contributed by atoms with Gasteiger partial charge >= 0.3 is 5.97 Å². The summed E-state index contributed by atoms with van der Waals surface area (Å²) in [5, 5.41) is 1.02. The molecule has 5 aromatic rings. The maximum atomic E-state index is 14.0. The number of aromatic nitrogens is 2. The van der Waals surface area contributed by atoms with Crippen LogP contribution in [-0.4, -0.2) is 21.7 Å². The van der Waals surface area contributed by atoms with Gasteiger partial charge < -0.3 is 9.30 Å². The molecule has 0 saturated carbocycles. The van der Waals surface area contributed by atoms with Gasteiger partial charge in [0.25, 0.3) is 5.56 Å². The number of esters is 1. The van der Waals surface area contributed by atoms with E-state index in [4.69, 9.17) is 4.74 Å². The van der Waals surface area contributed by atoms with Crippen LogP contribution in [-0.2, 0) is 16.1 Å². The molecule has 1 atom stereocenters. The highest BCUT2D eigenvalue weighted by Gasteiger charge is 2.33. The SMILES string of the molecule is CCOC(=O)C1=C(C)N=c2s/c(=C\c3cn(Cc4ccc(Br)cc4)c4ccccc34)c(=O)n2[C@@H]1c1ccc(F)cc1. The van der Waals surface area contributed by atoms with Crippen molar-refractivity contribution in [1.82, 2.24) is 9.13 Å². The van der Waals surface area contributed by atoms with Crippen molar-refractivity contribution in [3.8, 4) is 0 Å². The third-order valence-electron chi connectivity index (χ3n) is 7.07. The summed E-state index contributed by atoms with van der Waals surface area (Å²) in [7, 11) is 0. The number of thiazole rings is 1. The minimum atomic E-state index is -0.785. The van der Waals surface area contributed by atoms with Gasteiger partial charge in [0, 0.05) is 33.7 Å². The number of hydrogen-bond donors (Lipinski definition) is 0. The van der Waals surface area contributed by atoms with Crippen LogP contribution >= 0.6 is 27.3 Å². The van der Waals surface area contributed by atoms with Crippen LogP contribution in [0.5, 0.6) is 0 Å². The first kappa shape index (κ1) is 27.1. The predicted molar refractivity (Wildman–Crippen MR) is 162 cm³/mol. The molecular formula is C32H25BrFN3O3S. The number of para-hydroxylation sites is 1. The summed E-state index contributed by atoms with van der Waals surface area (Å²) in [5.41, 5.74) is 4.17. The number of allylic oxidation sites excluding steroid dienone is 1. The predicted octanol–water partition coefficient (Wildman–Crippen LogP) is 5.70. The van der Waals surface area contributed by atoms with Crippen molar-refractivity contribution in [2.24, 2.45) is 4.99 Å². The molecule has 9 heteroatoms.